The van der Waals surface area contributed by atoms with Crippen LogP contribution < -0.4 is 5.32 Å². The Morgan fingerprint density at radius 2 is 2.10 bits per heavy atom. The Morgan fingerprint density at radius 3 is 2.76 bits per heavy atom. The molecule has 0 saturated carbocycles. The predicted octanol–water partition coefficient (Wildman–Crippen LogP) is 4.04. The zero-order chi connectivity index (χ0) is 15.4. The maximum Gasteiger partial charge on any atom is 0.272 e. The molecule has 0 aliphatic rings. The molecular weight excluding hydrogens is 290 g/mol. The monoisotopic (exact) mass is 301 g/mol. The highest BCUT2D eigenvalue weighted by atomic mass is 35.5. The summed E-state index contributed by atoms with van der Waals surface area (Å²) in [6.07, 6.45) is 0. The fourth-order valence-corrected chi connectivity index (χ4v) is 2.07. The van der Waals surface area contributed by atoms with E-state index in [4.69, 9.17) is 16.9 Å². The van der Waals surface area contributed by atoms with Gasteiger partial charge in [-0.25, -0.2) is 0 Å². The van der Waals surface area contributed by atoms with Gasteiger partial charge in [-0.05, 0) is 30.7 Å². The molecule has 0 atom stereocenters. The van der Waals surface area contributed by atoms with Gasteiger partial charge in [0.2, 0.25) is 0 Å². The van der Waals surface area contributed by atoms with E-state index in [1.807, 2.05) is 12.1 Å². The molecule has 0 fully saturated rings. The molecule has 0 aliphatic heterocycles. The fraction of sp³-hybridized carbons (Fsp3) is 0.133. The average molecular weight is 302 g/mol. The summed E-state index contributed by atoms with van der Waals surface area (Å²) in [5.74, 6) is 0. The van der Waals surface area contributed by atoms with Crippen LogP contribution in [-0.4, -0.2) is 4.92 Å². The smallest absolute Gasteiger partial charge is 0.272 e. The van der Waals surface area contributed by atoms with Crippen molar-refractivity contribution in [2.45, 2.75) is 13.5 Å². The van der Waals surface area contributed by atoms with Crippen molar-refractivity contribution in [3.8, 4) is 6.07 Å². The number of hydrogen-bond acceptors (Lipinski definition) is 4. The Hall–Kier alpha value is -2.58. The van der Waals surface area contributed by atoms with Crippen LogP contribution in [0, 0.1) is 28.4 Å². The summed E-state index contributed by atoms with van der Waals surface area (Å²) < 4.78 is 0. The quantitative estimate of drug-likeness (QED) is 0.682. The van der Waals surface area contributed by atoms with Gasteiger partial charge in [-0.3, -0.25) is 10.1 Å². The molecule has 6 heteroatoms. The zero-order valence-corrected chi connectivity index (χ0v) is 12.0. The van der Waals surface area contributed by atoms with Gasteiger partial charge in [-0.15, -0.1) is 0 Å². The highest BCUT2D eigenvalue weighted by Gasteiger charge is 2.11. The number of nitriles is 1. The summed E-state index contributed by atoms with van der Waals surface area (Å²) >= 11 is 6.05. The Bertz CT molecular complexity index is 738. The molecule has 2 aromatic carbocycles. The van der Waals surface area contributed by atoms with Gasteiger partial charge in [0.15, 0.2) is 0 Å². The summed E-state index contributed by atoms with van der Waals surface area (Å²) in [7, 11) is 0. The molecule has 0 aliphatic carbocycles. The molecular formula is C15H12ClN3O2. The van der Waals surface area contributed by atoms with Crippen LogP contribution in [0.15, 0.2) is 36.4 Å². The number of aryl methyl sites for hydroxylation is 1. The summed E-state index contributed by atoms with van der Waals surface area (Å²) in [4.78, 5) is 10.5. The second-order valence-corrected chi connectivity index (χ2v) is 4.95. The third-order valence-electron chi connectivity index (χ3n) is 3.05. The number of benzene rings is 2. The number of nitrogens with zero attached hydrogens (tertiary/aromatic N) is 2. The minimum Gasteiger partial charge on any atom is -0.380 e. The minimum absolute atomic E-state index is 0.0890. The van der Waals surface area contributed by atoms with E-state index in [0.717, 1.165) is 5.56 Å². The highest BCUT2D eigenvalue weighted by Crippen LogP contribution is 2.24. The maximum absolute atomic E-state index is 10.9. The van der Waals surface area contributed by atoms with Crippen LogP contribution in [0.2, 0.25) is 5.02 Å². The van der Waals surface area contributed by atoms with Crippen molar-refractivity contribution in [2.24, 2.45) is 0 Å². The lowest BCUT2D eigenvalue weighted by atomic mass is 10.1. The molecule has 106 valence electrons. The van der Waals surface area contributed by atoms with Crippen molar-refractivity contribution in [3.63, 3.8) is 0 Å². The van der Waals surface area contributed by atoms with Gasteiger partial charge >= 0.3 is 0 Å². The predicted molar refractivity (Wildman–Crippen MR) is 81.3 cm³/mol. The second-order valence-electron chi connectivity index (χ2n) is 4.54. The standard InChI is InChI=1S/C15H12ClN3O2/c1-10-2-3-12(7-15(10)19(20)21)9-18-14-6-11(8-17)4-5-13(14)16/h2-7,18H,9H2,1H3. The first-order valence-corrected chi connectivity index (χ1v) is 6.56. The highest BCUT2D eigenvalue weighted by molar-refractivity contribution is 6.33. The van der Waals surface area contributed by atoms with E-state index >= 15 is 0 Å². The van der Waals surface area contributed by atoms with Crippen molar-refractivity contribution in [1.82, 2.24) is 0 Å². The fourth-order valence-electron chi connectivity index (χ4n) is 1.89. The largest absolute Gasteiger partial charge is 0.380 e. The lowest BCUT2D eigenvalue weighted by Gasteiger charge is -2.09. The Kier molecular flexibility index (Phi) is 4.41. The lowest BCUT2D eigenvalue weighted by molar-refractivity contribution is -0.385. The van der Waals surface area contributed by atoms with Crippen LogP contribution in [0.25, 0.3) is 0 Å². The number of nitro benzene ring substituents is 1. The molecule has 0 unspecified atom stereocenters. The zero-order valence-electron chi connectivity index (χ0n) is 11.3. The number of hydrogen-bond donors (Lipinski definition) is 1. The Morgan fingerprint density at radius 1 is 1.33 bits per heavy atom. The number of halogens is 1. The molecule has 0 heterocycles. The molecule has 2 aromatic rings. The van der Waals surface area contributed by atoms with Gasteiger partial charge < -0.3 is 5.32 Å². The van der Waals surface area contributed by atoms with E-state index < -0.39 is 4.92 Å². The second kappa shape index (κ2) is 6.25. The average Bonchev–Trinajstić information content (AvgIpc) is 2.47. The normalized spacial score (nSPS) is 9.95. The maximum atomic E-state index is 10.9. The summed E-state index contributed by atoms with van der Waals surface area (Å²) in [6, 6.07) is 12.0. The van der Waals surface area contributed by atoms with Crippen LogP contribution in [0.1, 0.15) is 16.7 Å². The summed E-state index contributed by atoms with van der Waals surface area (Å²) in [6.45, 7) is 2.08. The first kappa shape index (κ1) is 14.8. The third-order valence-corrected chi connectivity index (χ3v) is 3.38. The number of nitrogens with one attached hydrogen (secondary N) is 1. The van der Waals surface area contributed by atoms with E-state index in [-0.39, 0.29) is 5.69 Å². The van der Waals surface area contributed by atoms with E-state index in [1.165, 1.54) is 6.07 Å². The number of rotatable bonds is 4. The topological polar surface area (TPSA) is 79.0 Å². The van der Waals surface area contributed by atoms with Crippen molar-refractivity contribution in [1.29, 1.82) is 5.26 Å². The molecule has 21 heavy (non-hydrogen) atoms. The van der Waals surface area contributed by atoms with Gasteiger partial charge in [0.05, 0.1) is 27.3 Å². The van der Waals surface area contributed by atoms with Gasteiger partial charge in [0, 0.05) is 18.2 Å². The van der Waals surface area contributed by atoms with Crippen LogP contribution in [0.5, 0.6) is 0 Å². The SMILES string of the molecule is Cc1ccc(CNc2cc(C#N)ccc2Cl)cc1[N+](=O)[O-]. The van der Waals surface area contributed by atoms with E-state index in [9.17, 15) is 10.1 Å². The van der Waals surface area contributed by atoms with Crippen LogP contribution in [0.4, 0.5) is 11.4 Å². The molecule has 0 saturated heterocycles. The number of nitro groups is 1. The third kappa shape index (κ3) is 3.50. The van der Waals surface area contributed by atoms with E-state index in [1.54, 1.807) is 31.2 Å². The molecule has 0 bridgehead atoms. The Balaban J connectivity index is 2.19. The van der Waals surface area contributed by atoms with Crippen LogP contribution in [-0.2, 0) is 6.54 Å². The van der Waals surface area contributed by atoms with Crippen LogP contribution >= 0.6 is 11.6 Å². The summed E-state index contributed by atoms with van der Waals surface area (Å²) in [5.41, 5.74) is 2.60. The number of anilines is 1. The lowest BCUT2D eigenvalue weighted by Crippen LogP contribution is -2.02. The molecule has 5 nitrogen and oxygen atoms in total. The molecule has 0 amide bonds. The first-order chi connectivity index (χ1) is 10.0. The Labute approximate surface area is 126 Å². The first-order valence-electron chi connectivity index (χ1n) is 6.18. The van der Waals surface area contributed by atoms with Crippen molar-refractivity contribution >= 4 is 23.0 Å². The minimum atomic E-state index is -0.401. The van der Waals surface area contributed by atoms with Gasteiger partial charge in [-0.1, -0.05) is 23.7 Å². The van der Waals surface area contributed by atoms with E-state index in [2.05, 4.69) is 5.32 Å². The van der Waals surface area contributed by atoms with Gasteiger partial charge in [0.1, 0.15) is 0 Å². The van der Waals surface area contributed by atoms with Crippen molar-refractivity contribution < 1.29 is 4.92 Å². The molecule has 0 aromatic heterocycles. The summed E-state index contributed by atoms with van der Waals surface area (Å²) in [5, 5.41) is 23.4. The van der Waals surface area contributed by atoms with Crippen LogP contribution in [0.3, 0.4) is 0 Å². The van der Waals surface area contributed by atoms with Crippen molar-refractivity contribution in [2.75, 3.05) is 5.32 Å². The molecule has 0 radical (unpaired) electrons. The molecule has 0 spiro atoms. The van der Waals surface area contributed by atoms with Gasteiger partial charge in [0.25, 0.3) is 5.69 Å². The molecule has 2 rings (SSSR count). The van der Waals surface area contributed by atoms with Gasteiger partial charge in [-0.2, -0.15) is 5.26 Å². The van der Waals surface area contributed by atoms with Crippen molar-refractivity contribution in [3.05, 3.63) is 68.2 Å². The van der Waals surface area contributed by atoms with E-state index in [0.29, 0.717) is 28.4 Å². The molecule has 1 N–H and O–H groups in total.